The minimum absolute atomic E-state index is 0.222. The van der Waals surface area contributed by atoms with Gasteiger partial charge in [0.15, 0.2) is 11.5 Å². The van der Waals surface area contributed by atoms with E-state index in [1.165, 1.54) is 19.2 Å². The Morgan fingerprint density at radius 1 is 1.29 bits per heavy atom. The molecular formula is C15H13ClFNO2S. The summed E-state index contributed by atoms with van der Waals surface area (Å²) in [5.74, 6) is 0.533. The van der Waals surface area contributed by atoms with Gasteiger partial charge in [0, 0.05) is 5.56 Å². The van der Waals surface area contributed by atoms with Crippen molar-refractivity contribution < 1.29 is 13.9 Å². The minimum atomic E-state index is -0.296. The van der Waals surface area contributed by atoms with Gasteiger partial charge in [-0.05, 0) is 29.8 Å². The Morgan fingerprint density at radius 2 is 1.95 bits per heavy atom. The Hall–Kier alpha value is -1.85. The van der Waals surface area contributed by atoms with Gasteiger partial charge in [0.25, 0.3) is 0 Å². The molecule has 0 aliphatic carbocycles. The van der Waals surface area contributed by atoms with Gasteiger partial charge in [-0.2, -0.15) is 0 Å². The molecule has 110 valence electrons. The highest BCUT2D eigenvalue weighted by atomic mass is 35.5. The fraction of sp³-hybridized carbons (Fsp3) is 0.133. The third-order valence-corrected chi connectivity index (χ3v) is 3.33. The zero-order chi connectivity index (χ0) is 15.4. The van der Waals surface area contributed by atoms with E-state index in [0.717, 1.165) is 5.56 Å². The second kappa shape index (κ2) is 6.74. The molecule has 2 rings (SSSR count). The van der Waals surface area contributed by atoms with Gasteiger partial charge in [0.2, 0.25) is 0 Å². The van der Waals surface area contributed by atoms with Crippen molar-refractivity contribution in [2.75, 3.05) is 7.11 Å². The lowest BCUT2D eigenvalue weighted by atomic mass is 10.2. The van der Waals surface area contributed by atoms with Crippen LogP contribution >= 0.6 is 23.8 Å². The average molecular weight is 326 g/mol. The smallest absolute Gasteiger partial charge is 0.180 e. The van der Waals surface area contributed by atoms with Gasteiger partial charge < -0.3 is 15.2 Å². The summed E-state index contributed by atoms with van der Waals surface area (Å²) in [6.07, 6.45) is 0. The van der Waals surface area contributed by atoms with Crippen LogP contribution in [-0.2, 0) is 6.61 Å². The molecule has 2 N–H and O–H groups in total. The van der Waals surface area contributed by atoms with Crippen molar-refractivity contribution >= 4 is 28.8 Å². The van der Waals surface area contributed by atoms with Crippen LogP contribution in [-0.4, -0.2) is 12.1 Å². The van der Waals surface area contributed by atoms with Crippen molar-refractivity contribution in [1.82, 2.24) is 0 Å². The van der Waals surface area contributed by atoms with Crippen molar-refractivity contribution in [3.63, 3.8) is 0 Å². The van der Waals surface area contributed by atoms with Crippen molar-refractivity contribution in [3.05, 3.63) is 58.4 Å². The molecule has 0 saturated carbocycles. The first-order valence-electron chi connectivity index (χ1n) is 6.06. The number of methoxy groups -OCH3 is 1. The summed E-state index contributed by atoms with van der Waals surface area (Å²) in [6.45, 7) is 0.239. The predicted molar refractivity (Wildman–Crippen MR) is 84.6 cm³/mol. The van der Waals surface area contributed by atoms with Gasteiger partial charge in [-0.25, -0.2) is 4.39 Å². The number of hydrogen-bond acceptors (Lipinski definition) is 3. The minimum Gasteiger partial charge on any atom is -0.493 e. The number of nitrogens with two attached hydrogens (primary N) is 1. The van der Waals surface area contributed by atoms with Crippen LogP contribution < -0.4 is 15.2 Å². The molecule has 0 heterocycles. The van der Waals surface area contributed by atoms with Crippen LogP contribution in [0.2, 0.25) is 5.02 Å². The molecule has 0 spiro atoms. The van der Waals surface area contributed by atoms with E-state index in [1.807, 2.05) is 0 Å². The summed E-state index contributed by atoms with van der Waals surface area (Å²) in [5.41, 5.74) is 6.99. The SMILES string of the molecule is COc1cc(C(N)=S)cc(Cl)c1OCc1ccc(F)cc1. The first kappa shape index (κ1) is 15.5. The fourth-order valence-corrected chi connectivity index (χ4v) is 2.12. The van der Waals surface area contributed by atoms with E-state index in [0.29, 0.717) is 22.1 Å². The third-order valence-electron chi connectivity index (χ3n) is 2.81. The molecule has 0 bridgehead atoms. The van der Waals surface area contributed by atoms with Crippen LogP contribution in [0, 0.1) is 5.82 Å². The molecule has 0 fully saturated rings. The van der Waals surface area contributed by atoms with Gasteiger partial charge in [-0.3, -0.25) is 0 Å². The zero-order valence-corrected chi connectivity index (χ0v) is 12.8. The maximum absolute atomic E-state index is 12.8. The summed E-state index contributed by atoms with van der Waals surface area (Å²) in [5, 5.41) is 0.347. The molecule has 0 aliphatic rings. The van der Waals surface area contributed by atoms with Crippen LogP contribution in [0.25, 0.3) is 0 Å². The van der Waals surface area contributed by atoms with Crippen molar-refractivity contribution in [2.24, 2.45) is 5.73 Å². The number of hydrogen-bond donors (Lipinski definition) is 1. The maximum Gasteiger partial charge on any atom is 0.180 e. The van der Waals surface area contributed by atoms with E-state index in [1.54, 1.807) is 24.3 Å². The largest absolute Gasteiger partial charge is 0.493 e. The quantitative estimate of drug-likeness (QED) is 0.851. The highest BCUT2D eigenvalue weighted by molar-refractivity contribution is 7.80. The number of ether oxygens (including phenoxy) is 2. The lowest BCUT2D eigenvalue weighted by Gasteiger charge is -2.14. The highest BCUT2D eigenvalue weighted by Gasteiger charge is 2.13. The molecule has 0 aliphatic heterocycles. The summed E-state index contributed by atoms with van der Waals surface area (Å²) in [7, 11) is 1.50. The Morgan fingerprint density at radius 3 is 2.52 bits per heavy atom. The van der Waals surface area contributed by atoms with Crippen molar-refractivity contribution in [2.45, 2.75) is 6.61 Å². The van der Waals surface area contributed by atoms with Crippen LogP contribution in [0.5, 0.6) is 11.5 Å². The zero-order valence-electron chi connectivity index (χ0n) is 11.2. The third kappa shape index (κ3) is 3.83. The van der Waals surface area contributed by atoms with Crippen LogP contribution in [0.3, 0.4) is 0 Å². The highest BCUT2D eigenvalue weighted by Crippen LogP contribution is 2.36. The lowest BCUT2D eigenvalue weighted by molar-refractivity contribution is 0.284. The first-order chi connectivity index (χ1) is 10.0. The number of benzene rings is 2. The van der Waals surface area contributed by atoms with Crippen LogP contribution in [0.1, 0.15) is 11.1 Å². The molecule has 6 heteroatoms. The van der Waals surface area contributed by atoms with E-state index in [-0.39, 0.29) is 17.4 Å². The first-order valence-corrected chi connectivity index (χ1v) is 6.84. The van der Waals surface area contributed by atoms with E-state index in [4.69, 9.17) is 39.0 Å². The lowest BCUT2D eigenvalue weighted by Crippen LogP contribution is -2.10. The Bertz CT molecular complexity index is 661. The average Bonchev–Trinajstić information content (AvgIpc) is 2.46. The molecule has 0 saturated heterocycles. The molecule has 0 aromatic heterocycles. The van der Waals surface area contributed by atoms with Crippen molar-refractivity contribution in [3.8, 4) is 11.5 Å². The van der Waals surface area contributed by atoms with Crippen LogP contribution in [0.4, 0.5) is 4.39 Å². The molecule has 3 nitrogen and oxygen atoms in total. The summed E-state index contributed by atoms with van der Waals surface area (Å²) in [4.78, 5) is 0.222. The molecule has 2 aromatic rings. The van der Waals surface area contributed by atoms with Gasteiger partial charge in [0.1, 0.15) is 17.4 Å². The summed E-state index contributed by atoms with van der Waals surface area (Å²) >= 11 is 11.1. The van der Waals surface area contributed by atoms with E-state index < -0.39 is 0 Å². The second-order valence-electron chi connectivity index (χ2n) is 4.27. The fourth-order valence-electron chi connectivity index (χ4n) is 1.74. The number of halogens is 2. The topological polar surface area (TPSA) is 44.5 Å². The number of thiocarbonyl (C=S) groups is 1. The molecule has 0 amide bonds. The van der Waals surface area contributed by atoms with Gasteiger partial charge >= 0.3 is 0 Å². The standard InChI is InChI=1S/C15H13ClFNO2S/c1-19-13-7-10(15(18)21)6-12(16)14(13)20-8-9-2-4-11(17)5-3-9/h2-7H,8H2,1H3,(H2,18,21). The summed E-state index contributed by atoms with van der Waals surface area (Å²) in [6, 6.07) is 9.29. The molecule has 0 atom stereocenters. The second-order valence-corrected chi connectivity index (χ2v) is 5.12. The monoisotopic (exact) mass is 325 g/mol. The van der Waals surface area contributed by atoms with E-state index in [2.05, 4.69) is 0 Å². The van der Waals surface area contributed by atoms with Crippen molar-refractivity contribution in [1.29, 1.82) is 0 Å². The normalized spacial score (nSPS) is 10.2. The number of rotatable bonds is 5. The summed E-state index contributed by atoms with van der Waals surface area (Å²) < 4.78 is 23.7. The van der Waals surface area contributed by atoms with E-state index >= 15 is 0 Å². The van der Waals surface area contributed by atoms with Crippen LogP contribution in [0.15, 0.2) is 36.4 Å². The predicted octanol–water partition coefficient (Wildman–Crippen LogP) is 3.70. The molecule has 2 aromatic carbocycles. The molecule has 0 unspecified atom stereocenters. The van der Waals surface area contributed by atoms with Gasteiger partial charge in [0.05, 0.1) is 12.1 Å². The van der Waals surface area contributed by atoms with E-state index in [9.17, 15) is 4.39 Å². The molecular weight excluding hydrogens is 313 g/mol. The molecule has 21 heavy (non-hydrogen) atoms. The Kier molecular flexibility index (Phi) is 4.98. The molecule has 0 radical (unpaired) electrons. The Labute approximate surface area is 132 Å². The Balaban J connectivity index is 2.23. The van der Waals surface area contributed by atoms with Gasteiger partial charge in [-0.1, -0.05) is 36.0 Å². The van der Waals surface area contributed by atoms with Gasteiger partial charge in [-0.15, -0.1) is 0 Å². The maximum atomic E-state index is 12.8.